The van der Waals surface area contributed by atoms with Crippen molar-refractivity contribution in [3.05, 3.63) is 29.3 Å². The number of halogens is 2. The standard InChI is InChI=1S/C13H17F2N3O/c1-7-5-18(6-8(7)2)12-10(14)3-9(4-11(12)15)13(16)17-19/h3-4,7-8,19H,5-6H2,1-2H3,(H2,16,17). The van der Waals surface area contributed by atoms with Gasteiger partial charge in [-0.25, -0.2) is 8.78 Å². The molecule has 1 aromatic rings. The van der Waals surface area contributed by atoms with E-state index in [4.69, 9.17) is 10.9 Å². The van der Waals surface area contributed by atoms with E-state index in [1.165, 1.54) is 0 Å². The summed E-state index contributed by atoms with van der Waals surface area (Å²) in [6.45, 7) is 5.37. The number of amidine groups is 1. The van der Waals surface area contributed by atoms with Crippen LogP contribution in [0.2, 0.25) is 0 Å². The van der Waals surface area contributed by atoms with Crippen LogP contribution in [0.25, 0.3) is 0 Å². The van der Waals surface area contributed by atoms with Crippen molar-refractivity contribution in [1.82, 2.24) is 0 Å². The number of anilines is 1. The predicted octanol–water partition coefficient (Wildman–Crippen LogP) is 2.15. The topological polar surface area (TPSA) is 61.8 Å². The van der Waals surface area contributed by atoms with Gasteiger partial charge in [0.2, 0.25) is 0 Å². The van der Waals surface area contributed by atoms with Crippen molar-refractivity contribution in [3.8, 4) is 0 Å². The molecule has 3 N–H and O–H groups in total. The van der Waals surface area contributed by atoms with Crippen molar-refractivity contribution in [2.75, 3.05) is 18.0 Å². The average molecular weight is 269 g/mol. The van der Waals surface area contributed by atoms with Crippen molar-refractivity contribution in [3.63, 3.8) is 0 Å². The van der Waals surface area contributed by atoms with Crippen LogP contribution in [0.4, 0.5) is 14.5 Å². The highest BCUT2D eigenvalue weighted by Gasteiger charge is 2.30. The fourth-order valence-corrected chi connectivity index (χ4v) is 2.39. The van der Waals surface area contributed by atoms with E-state index >= 15 is 0 Å². The van der Waals surface area contributed by atoms with E-state index in [2.05, 4.69) is 19.0 Å². The molecular formula is C13H17F2N3O. The molecule has 104 valence electrons. The van der Waals surface area contributed by atoms with E-state index in [0.29, 0.717) is 24.9 Å². The summed E-state index contributed by atoms with van der Waals surface area (Å²) in [7, 11) is 0. The number of rotatable bonds is 2. The molecule has 0 aromatic heterocycles. The lowest BCUT2D eigenvalue weighted by Gasteiger charge is -2.20. The minimum atomic E-state index is -0.692. The molecule has 1 fully saturated rings. The number of benzene rings is 1. The van der Waals surface area contributed by atoms with Crippen LogP contribution in [-0.4, -0.2) is 24.1 Å². The van der Waals surface area contributed by atoms with E-state index in [9.17, 15) is 8.78 Å². The van der Waals surface area contributed by atoms with Gasteiger partial charge in [-0.1, -0.05) is 19.0 Å². The highest BCUT2D eigenvalue weighted by molar-refractivity contribution is 5.97. The Bertz CT molecular complexity index is 486. The molecule has 0 bridgehead atoms. The number of hydrogen-bond acceptors (Lipinski definition) is 3. The summed E-state index contributed by atoms with van der Waals surface area (Å²) in [6.07, 6.45) is 0. The normalized spacial score (nSPS) is 24.0. The fraction of sp³-hybridized carbons (Fsp3) is 0.462. The Morgan fingerprint density at radius 3 is 2.16 bits per heavy atom. The summed E-state index contributed by atoms with van der Waals surface area (Å²) < 4.78 is 28.1. The molecule has 0 saturated carbocycles. The summed E-state index contributed by atoms with van der Waals surface area (Å²) in [6, 6.07) is 2.17. The molecule has 0 spiro atoms. The Morgan fingerprint density at radius 1 is 1.26 bits per heavy atom. The lowest BCUT2D eigenvalue weighted by atomic mass is 10.0. The molecule has 0 aliphatic carbocycles. The molecule has 4 nitrogen and oxygen atoms in total. The maximum atomic E-state index is 14.0. The number of nitrogens with zero attached hydrogens (tertiary/aromatic N) is 2. The SMILES string of the molecule is CC1CN(c2c(F)cc(C(N)=NO)cc2F)CC1C. The van der Waals surface area contributed by atoms with Crippen molar-refractivity contribution >= 4 is 11.5 Å². The van der Waals surface area contributed by atoms with Crippen LogP contribution in [0.1, 0.15) is 19.4 Å². The molecule has 19 heavy (non-hydrogen) atoms. The molecule has 2 atom stereocenters. The first-order valence-electron chi connectivity index (χ1n) is 6.16. The van der Waals surface area contributed by atoms with Gasteiger partial charge < -0.3 is 15.8 Å². The molecule has 2 unspecified atom stereocenters. The Hall–Kier alpha value is -1.85. The van der Waals surface area contributed by atoms with E-state index < -0.39 is 11.6 Å². The van der Waals surface area contributed by atoms with Gasteiger partial charge in [0.15, 0.2) is 5.84 Å². The van der Waals surface area contributed by atoms with E-state index in [1.807, 2.05) is 0 Å². The molecule has 6 heteroatoms. The number of nitrogens with two attached hydrogens (primary N) is 1. The largest absolute Gasteiger partial charge is 0.409 e. The molecule has 1 saturated heterocycles. The maximum Gasteiger partial charge on any atom is 0.170 e. The van der Waals surface area contributed by atoms with Gasteiger partial charge in [-0.3, -0.25) is 0 Å². The summed E-state index contributed by atoms with van der Waals surface area (Å²) >= 11 is 0. The summed E-state index contributed by atoms with van der Waals surface area (Å²) in [5.41, 5.74) is 5.33. The van der Waals surface area contributed by atoms with Gasteiger partial charge in [0.05, 0.1) is 0 Å². The minimum Gasteiger partial charge on any atom is -0.409 e. The summed E-state index contributed by atoms with van der Waals surface area (Å²) in [5, 5.41) is 11.3. The van der Waals surface area contributed by atoms with Crippen molar-refractivity contribution in [2.45, 2.75) is 13.8 Å². The zero-order chi connectivity index (χ0) is 14.2. The van der Waals surface area contributed by atoms with Crippen molar-refractivity contribution < 1.29 is 14.0 Å². The summed E-state index contributed by atoms with van der Waals surface area (Å²) in [5.74, 6) is -0.914. The Kier molecular flexibility index (Phi) is 3.59. The lowest BCUT2D eigenvalue weighted by Crippen LogP contribution is -2.23. The number of hydrogen-bond donors (Lipinski definition) is 2. The van der Waals surface area contributed by atoms with Crippen LogP contribution < -0.4 is 10.6 Å². The van der Waals surface area contributed by atoms with Crippen LogP contribution in [0, 0.1) is 23.5 Å². The van der Waals surface area contributed by atoms with Crippen LogP contribution in [0.15, 0.2) is 17.3 Å². The molecule has 1 aliphatic heterocycles. The second kappa shape index (κ2) is 5.03. The van der Waals surface area contributed by atoms with E-state index in [1.54, 1.807) is 4.90 Å². The molecule has 2 rings (SSSR count). The van der Waals surface area contributed by atoms with Crippen LogP contribution in [-0.2, 0) is 0 Å². The van der Waals surface area contributed by atoms with Gasteiger partial charge in [-0.2, -0.15) is 0 Å². The van der Waals surface area contributed by atoms with Crippen LogP contribution in [0.3, 0.4) is 0 Å². The Labute approximate surface area is 110 Å². The molecule has 1 aromatic carbocycles. The zero-order valence-corrected chi connectivity index (χ0v) is 10.9. The van der Waals surface area contributed by atoms with Crippen LogP contribution >= 0.6 is 0 Å². The first-order valence-corrected chi connectivity index (χ1v) is 6.16. The molecule has 1 aliphatic rings. The van der Waals surface area contributed by atoms with Crippen LogP contribution in [0.5, 0.6) is 0 Å². The minimum absolute atomic E-state index is 0.0292. The Morgan fingerprint density at radius 2 is 1.74 bits per heavy atom. The molecule has 0 radical (unpaired) electrons. The number of oxime groups is 1. The third-order valence-electron chi connectivity index (χ3n) is 3.72. The third-order valence-corrected chi connectivity index (χ3v) is 3.72. The van der Waals surface area contributed by atoms with Gasteiger partial charge in [0.1, 0.15) is 17.3 Å². The van der Waals surface area contributed by atoms with Crippen molar-refractivity contribution in [2.24, 2.45) is 22.7 Å². The third kappa shape index (κ3) is 2.47. The monoisotopic (exact) mass is 269 g/mol. The summed E-state index contributed by atoms with van der Waals surface area (Å²) in [4.78, 5) is 1.70. The van der Waals surface area contributed by atoms with E-state index in [0.717, 1.165) is 12.1 Å². The quantitative estimate of drug-likeness (QED) is 0.374. The van der Waals surface area contributed by atoms with Gasteiger partial charge in [-0.15, -0.1) is 0 Å². The highest BCUT2D eigenvalue weighted by Crippen LogP contribution is 2.32. The zero-order valence-electron chi connectivity index (χ0n) is 10.9. The maximum absolute atomic E-state index is 14.0. The van der Waals surface area contributed by atoms with Gasteiger partial charge in [-0.05, 0) is 24.0 Å². The molecule has 0 amide bonds. The Balaban J connectivity index is 2.38. The molecule has 1 heterocycles. The van der Waals surface area contributed by atoms with Gasteiger partial charge in [0.25, 0.3) is 0 Å². The lowest BCUT2D eigenvalue weighted by molar-refractivity contribution is 0.318. The first kappa shape index (κ1) is 13.6. The first-order chi connectivity index (χ1) is 8.93. The van der Waals surface area contributed by atoms with E-state index in [-0.39, 0.29) is 17.1 Å². The predicted molar refractivity (Wildman–Crippen MR) is 69.4 cm³/mol. The van der Waals surface area contributed by atoms with Gasteiger partial charge >= 0.3 is 0 Å². The fourth-order valence-electron chi connectivity index (χ4n) is 2.39. The smallest absolute Gasteiger partial charge is 0.170 e. The second-order valence-corrected chi connectivity index (χ2v) is 5.13. The second-order valence-electron chi connectivity index (χ2n) is 5.13. The highest BCUT2D eigenvalue weighted by atomic mass is 19.1. The van der Waals surface area contributed by atoms with Crippen molar-refractivity contribution in [1.29, 1.82) is 0 Å². The molecular weight excluding hydrogens is 252 g/mol. The average Bonchev–Trinajstić information content (AvgIpc) is 2.67. The van der Waals surface area contributed by atoms with Gasteiger partial charge in [0, 0.05) is 18.7 Å².